The molecule has 0 aromatic heterocycles. The fraction of sp³-hybridized carbons (Fsp3) is 0.364. The molecule has 0 amide bonds. The summed E-state index contributed by atoms with van der Waals surface area (Å²) >= 11 is 5.15. The fourth-order valence-corrected chi connectivity index (χ4v) is 4.16. The molecule has 0 spiro atoms. The second kappa shape index (κ2) is 10.2. The van der Waals surface area contributed by atoms with E-state index in [1.807, 2.05) is 0 Å². The normalized spacial score (nSPS) is 28.5. The lowest BCUT2D eigenvalue weighted by Crippen LogP contribution is -2.60. The van der Waals surface area contributed by atoms with E-state index in [1.165, 1.54) is 17.1 Å². The van der Waals surface area contributed by atoms with Gasteiger partial charge in [-0.25, -0.2) is 5.01 Å². The lowest BCUT2D eigenvalue weighted by Gasteiger charge is -2.39. The van der Waals surface area contributed by atoms with E-state index in [2.05, 4.69) is 5.10 Å². The lowest BCUT2D eigenvalue weighted by atomic mass is 9.98. The van der Waals surface area contributed by atoms with E-state index in [0.29, 0.717) is 23.4 Å². The molecule has 35 heavy (non-hydrogen) atoms. The summed E-state index contributed by atoms with van der Waals surface area (Å²) in [6.45, 7) is -0.558. The topological polar surface area (TPSA) is 184 Å². The van der Waals surface area contributed by atoms with Gasteiger partial charge in [0.15, 0.2) is 5.11 Å². The van der Waals surface area contributed by atoms with Gasteiger partial charge in [0, 0.05) is 18.6 Å². The second-order valence-electron chi connectivity index (χ2n) is 8.14. The molecule has 13 heteroatoms. The van der Waals surface area contributed by atoms with Gasteiger partial charge in [0.2, 0.25) is 6.29 Å². The Balaban J connectivity index is 1.48. The average Bonchev–Trinajstić information content (AvgIpc) is 3.31. The zero-order valence-electron chi connectivity index (χ0n) is 18.2. The van der Waals surface area contributed by atoms with Crippen LogP contribution in [0.15, 0.2) is 53.6 Å². The molecule has 2 heterocycles. The number of nitrogens with zero attached hydrogens (tertiary/aromatic N) is 3. The number of thiocarbonyl (C=S) groups is 1. The number of nitro benzene ring substituents is 1. The van der Waals surface area contributed by atoms with Crippen LogP contribution in [0.5, 0.6) is 5.75 Å². The van der Waals surface area contributed by atoms with Gasteiger partial charge in [0.1, 0.15) is 30.2 Å². The van der Waals surface area contributed by atoms with Crippen molar-refractivity contribution in [1.82, 2.24) is 5.01 Å². The van der Waals surface area contributed by atoms with Gasteiger partial charge in [-0.2, -0.15) is 5.10 Å². The van der Waals surface area contributed by atoms with Gasteiger partial charge in [-0.05, 0) is 47.6 Å². The molecule has 0 aliphatic carbocycles. The van der Waals surface area contributed by atoms with Crippen molar-refractivity contribution in [2.45, 2.75) is 43.2 Å². The summed E-state index contributed by atoms with van der Waals surface area (Å²) in [5.74, 6) is 0.314. The molecule has 0 saturated carbocycles. The smallest absolute Gasteiger partial charge is 0.269 e. The number of non-ortho nitro benzene ring substituents is 1. The van der Waals surface area contributed by atoms with Crippen molar-refractivity contribution >= 4 is 28.7 Å². The highest BCUT2D eigenvalue weighted by Crippen LogP contribution is 2.34. The molecular weight excluding hydrogens is 480 g/mol. The Morgan fingerprint density at radius 3 is 2.37 bits per heavy atom. The summed E-state index contributed by atoms with van der Waals surface area (Å²) in [7, 11) is 0. The first-order chi connectivity index (χ1) is 16.7. The van der Waals surface area contributed by atoms with Gasteiger partial charge in [-0.1, -0.05) is 12.1 Å². The number of benzene rings is 2. The summed E-state index contributed by atoms with van der Waals surface area (Å²) in [6.07, 6.45) is -6.47. The van der Waals surface area contributed by atoms with Crippen LogP contribution in [0.25, 0.3) is 0 Å². The van der Waals surface area contributed by atoms with E-state index in [4.69, 9.17) is 27.4 Å². The molecule has 2 aliphatic heterocycles. The van der Waals surface area contributed by atoms with Crippen LogP contribution in [0.4, 0.5) is 5.69 Å². The molecule has 4 rings (SSSR count). The maximum absolute atomic E-state index is 10.9. The van der Waals surface area contributed by atoms with Crippen LogP contribution < -0.4 is 10.5 Å². The van der Waals surface area contributed by atoms with Crippen LogP contribution in [0, 0.1) is 10.1 Å². The van der Waals surface area contributed by atoms with Crippen molar-refractivity contribution in [1.29, 1.82) is 0 Å². The molecule has 1 unspecified atom stereocenters. The number of hydrazone groups is 1. The first kappa shape index (κ1) is 24.9. The van der Waals surface area contributed by atoms with Crippen LogP contribution in [0.1, 0.15) is 23.6 Å². The third-order valence-electron chi connectivity index (χ3n) is 5.91. The van der Waals surface area contributed by atoms with Crippen molar-refractivity contribution in [3.05, 3.63) is 69.8 Å². The van der Waals surface area contributed by atoms with Gasteiger partial charge >= 0.3 is 0 Å². The molecule has 1 fully saturated rings. The number of hydrogen-bond acceptors (Lipinski definition) is 10. The third kappa shape index (κ3) is 5.10. The van der Waals surface area contributed by atoms with E-state index in [0.717, 1.165) is 5.56 Å². The Labute approximate surface area is 205 Å². The average molecular weight is 505 g/mol. The van der Waals surface area contributed by atoms with Crippen LogP contribution in [-0.2, 0) is 4.74 Å². The zero-order valence-corrected chi connectivity index (χ0v) is 19.1. The third-order valence-corrected chi connectivity index (χ3v) is 6.10. The maximum atomic E-state index is 10.9. The van der Waals surface area contributed by atoms with Gasteiger partial charge in [0.05, 0.1) is 23.3 Å². The molecule has 0 bridgehead atoms. The van der Waals surface area contributed by atoms with Gasteiger partial charge in [-0.3, -0.25) is 10.1 Å². The number of rotatable bonds is 6. The van der Waals surface area contributed by atoms with Crippen LogP contribution in [-0.4, -0.2) is 78.5 Å². The van der Waals surface area contributed by atoms with Crippen LogP contribution in [0.2, 0.25) is 0 Å². The predicted molar refractivity (Wildman–Crippen MR) is 126 cm³/mol. The molecule has 12 nitrogen and oxygen atoms in total. The number of hydrogen-bond donors (Lipinski definition) is 5. The SMILES string of the molecule is NC(=S)N1N=C(c2ccc([N+](=O)[O-])cc2)CC1c1ccc(O[C@@H]2O[C@H](CO)[C@@H](O)[C@@H](O)[C@H]2O)cc1. The number of nitro groups is 1. The van der Waals surface area contributed by atoms with Gasteiger partial charge < -0.3 is 35.6 Å². The highest BCUT2D eigenvalue weighted by Gasteiger charge is 2.44. The van der Waals surface area contributed by atoms with E-state index in [1.54, 1.807) is 36.4 Å². The Morgan fingerprint density at radius 1 is 1.14 bits per heavy atom. The van der Waals surface area contributed by atoms with Gasteiger partial charge in [0.25, 0.3) is 5.69 Å². The molecular formula is C22H24N4O8S. The van der Waals surface area contributed by atoms with Crippen LogP contribution in [0.3, 0.4) is 0 Å². The minimum absolute atomic E-state index is 0.0231. The Bertz CT molecular complexity index is 1110. The summed E-state index contributed by atoms with van der Waals surface area (Å²) < 4.78 is 11.0. The molecule has 6 atom stereocenters. The maximum Gasteiger partial charge on any atom is 0.269 e. The monoisotopic (exact) mass is 504 g/mol. The summed E-state index contributed by atoms with van der Waals surface area (Å²) in [6, 6.07) is 12.5. The molecule has 2 aromatic rings. The largest absolute Gasteiger partial charge is 0.462 e. The van der Waals surface area contributed by atoms with Crippen molar-refractivity contribution in [3.63, 3.8) is 0 Å². The quantitative estimate of drug-likeness (QED) is 0.205. The highest BCUT2D eigenvalue weighted by atomic mass is 32.1. The summed E-state index contributed by atoms with van der Waals surface area (Å²) in [5.41, 5.74) is 8.03. The molecule has 1 saturated heterocycles. The highest BCUT2D eigenvalue weighted by molar-refractivity contribution is 7.80. The number of aliphatic hydroxyl groups excluding tert-OH is 4. The Morgan fingerprint density at radius 2 is 1.80 bits per heavy atom. The molecule has 186 valence electrons. The first-order valence-electron chi connectivity index (χ1n) is 10.7. The Hall–Kier alpha value is -3.20. The van der Waals surface area contributed by atoms with E-state index in [9.17, 15) is 30.5 Å². The van der Waals surface area contributed by atoms with Crippen molar-refractivity contribution in [2.24, 2.45) is 10.8 Å². The van der Waals surface area contributed by atoms with Crippen molar-refractivity contribution in [3.8, 4) is 5.75 Å². The number of ether oxygens (including phenoxy) is 2. The molecule has 0 radical (unpaired) electrons. The van der Waals surface area contributed by atoms with E-state index >= 15 is 0 Å². The lowest BCUT2D eigenvalue weighted by molar-refractivity contribution is -0.384. The Kier molecular flexibility index (Phi) is 7.25. The number of nitrogens with two attached hydrogens (primary N) is 1. The molecule has 2 aromatic carbocycles. The first-order valence-corrected chi connectivity index (χ1v) is 11.1. The van der Waals surface area contributed by atoms with Gasteiger partial charge in [-0.15, -0.1) is 0 Å². The summed E-state index contributed by atoms with van der Waals surface area (Å²) in [5, 5.41) is 56.3. The number of aliphatic hydroxyl groups is 4. The molecule has 2 aliphatic rings. The van der Waals surface area contributed by atoms with Crippen LogP contribution >= 0.6 is 12.2 Å². The van der Waals surface area contributed by atoms with Crippen molar-refractivity contribution < 1.29 is 34.8 Å². The fourth-order valence-electron chi connectivity index (χ4n) is 3.99. The minimum atomic E-state index is -1.54. The predicted octanol–water partition coefficient (Wildman–Crippen LogP) is 0.168. The van der Waals surface area contributed by atoms with E-state index < -0.39 is 42.2 Å². The zero-order chi connectivity index (χ0) is 25.3. The standard InChI is InChI=1S/C22H24N4O8S/c23-22(35)25-16(9-15(24-25)11-1-5-13(6-2-11)26(31)32)12-3-7-14(8-4-12)33-21-20(30)19(29)18(28)17(10-27)34-21/h1-8,16-21,27-30H,9-10H2,(H2,23,35)/t16?,17-,18-,19-,20-,21-/m1/s1. The second-order valence-corrected chi connectivity index (χ2v) is 8.56. The minimum Gasteiger partial charge on any atom is -0.462 e. The van der Waals surface area contributed by atoms with Crippen molar-refractivity contribution in [2.75, 3.05) is 6.61 Å². The summed E-state index contributed by atoms with van der Waals surface area (Å²) in [4.78, 5) is 10.4. The molecule has 6 N–H and O–H groups in total. The van der Waals surface area contributed by atoms with E-state index in [-0.39, 0.29) is 16.8 Å².